The van der Waals surface area contributed by atoms with Crippen molar-refractivity contribution in [2.24, 2.45) is 0 Å². The van der Waals surface area contributed by atoms with Gasteiger partial charge in [-0.3, -0.25) is 4.40 Å². The van der Waals surface area contributed by atoms with Crippen molar-refractivity contribution in [3.63, 3.8) is 0 Å². The topological polar surface area (TPSA) is 80.4 Å². The van der Waals surface area contributed by atoms with E-state index in [2.05, 4.69) is 31.1 Å². The number of carbonyl (C=O) groups is 1. The van der Waals surface area contributed by atoms with Gasteiger partial charge in [0.15, 0.2) is 5.69 Å². The highest BCUT2D eigenvalue weighted by atomic mass is 79.9. The number of aryl methyl sites for hydroxylation is 1. The van der Waals surface area contributed by atoms with Gasteiger partial charge in [0, 0.05) is 6.20 Å². The van der Waals surface area contributed by atoms with Gasteiger partial charge in [0.1, 0.15) is 5.82 Å². The SMILES string of the molecule is Cc1nnc2ncc(Br)c(C(=O)O)n12. The third kappa shape index (κ3) is 1.17. The molecule has 0 atom stereocenters. The Morgan fingerprint density at radius 1 is 1.57 bits per heavy atom. The number of aromatic nitrogens is 4. The molecule has 2 aromatic rings. The second-order valence-electron chi connectivity index (χ2n) is 2.64. The first-order chi connectivity index (χ1) is 6.61. The molecule has 2 heterocycles. The first-order valence-electron chi connectivity index (χ1n) is 3.71. The number of halogens is 1. The van der Waals surface area contributed by atoms with Crippen molar-refractivity contribution in [3.05, 3.63) is 22.2 Å². The van der Waals surface area contributed by atoms with Gasteiger partial charge in [-0.25, -0.2) is 9.78 Å². The molecule has 2 rings (SSSR count). The van der Waals surface area contributed by atoms with Crippen molar-refractivity contribution < 1.29 is 9.90 Å². The summed E-state index contributed by atoms with van der Waals surface area (Å²) in [7, 11) is 0. The zero-order chi connectivity index (χ0) is 10.3. The molecule has 2 aromatic heterocycles. The zero-order valence-corrected chi connectivity index (χ0v) is 8.69. The van der Waals surface area contributed by atoms with E-state index in [0.717, 1.165) is 0 Å². The Hall–Kier alpha value is -1.50. The van der Waals surface area contributed by atoms with Gasteiger partial charge >= 0.3 is 5.97 Å². The molecule has 1 N–H and O–H groups in total. The summed E-state index contributed by atoms with van der Waals surface area (Å²) in [6.45, 7) is 1.67. The molecule has 0 bridgehead atoms. The van der Waals surface area contributed by atoms with Gasteiger partial charge in [0.05, 0.1) is 4.47 Å². The van der Waals surface area contributed by atoms with Gasteiger partial charge in [-0.1, -0.05) is 0 Å². The van der Waals surface area contributed by atoms with E-state index in [4.69, 9.17) is 5.11 Å². The number of hydrogen-bond acceptors (Lipinski definition) is 4. The normalized spacial score (nSPS) is 10.7. The van der Waals surface area contributed by atoms with Crippen LogP contribution in [0.1, 0.15) is 16.3 Å². The number of nitrogens with zero attached hydrogens (tertiary/aromatic N) is 4. The van der Waals surface area contributed by atoms with E-state index in [1.807, 2.05) is 0 Å². The van der Waals surface area contributed by atoms with Crippen LogP contribution in [0, 0.1) is 6.92 Å². The van der Waals surface area contributed by atoms with Crippen molar-refractivity contribution in [2.45, 2.75) is 6.92 Å². The molecular weight excluding hydrogens is 252 g/mol. The third-order valence-corrected chi connectivity index (χ3v) is 2.33. The zero-order valence-electron chi connectivity index (χ0n) is 7.10. The summed E-state index contributed by atoms with van der Waals surface area (Å²) in [5.74, 6) is -0.276. The third-order valence-electron chi connectivity index (χ3n) is 1.75. The van der Waals surface area contributed by atoms with Crippen molar-refractivity contribution in [3.8, 4) is 0 Å². The highest BCUT2D eigenvalue weighted by Gasteiger charge is 2.16. The molecule has 6 nitrogen and oxygen atoms in total. The van der Waals surface area contributed by atoms with Gasteiger partial charge in [-0.15, -0.1) is 10.2 Å². The lowest BCUT2D eigenvalue weighted by molar-refractivity contribution is 0.0687. The molecule has 72 valence electrons. The average molecular weight is 257 g/mol. The molecule has 0 spiro atoms. The van der Waals surface area contributed by atoms with E-state index in [1.165, 1.54) is 10.6 Å². The van der Waals surface area contributed by atoms with Crippen LogP contribution >= 0.6 is 15.9 Å². The molecule has 0 fully saturated rings. The quantitative estimate of drug-likeness (QED) is 0.820. The molecule has 14 heavy (non-hydrogen) atoms. The molecule has 0 aliphatic rings. The summed E-state index contributed by atoms with van der Waals surface area (Å²) in [6, 6.07) is 0. The van der Waals surface area contributed by atoms with E-state index >= 15 is 0 Å². The summed E-state index contributed by atoms with van der Waals surface area (Å²) >= 11 is 3.12. The van der Waals surface area contributed by atoms with Crippen molar-refractivity contribution >= 4 is 27.7 Å². The summed E-state index contributed by atoms with van der Waals surface area (Å²) < 4.78 is 1.78. The number of rotatable bonds is 1. The Morgan fingerprint density at radius 2 is 2.29 bits per heavy atom. The monoisotopic (exact) mass is 256 g/mol. The molecule has 0 amide bonds. The highest BCUT2D eigenvalue weighted by molar-refractivity contribution is 9.10. The van der Waals surface area contributed by atoms with Crippen LogP contribution in [0.4, 0.5) is 0 Å². The molecule has 0 saturated carbocycles. The van der Waals surface area contributed by atoms with Gasteiger partial charge in [-0.05, 0) is 22.9 Å². The second-order valence-corrected chi connectivity index (χ2v) is 3.50. The van der Waals surface area contributed by atoms with Crippen LogP contribution in [-0.2, 0) is 0 Å². The Kier molecular flexibility index (Phi) is 1.95. The molecule has 0 aromatic carbocycles. The van der Waals surface area contributed by atoms with Crippen molar-refractivity contribution in [2.75, 3.05) is 0 Å². The lowest BCUT2D eigenvalue weighted by Crippen LogP contribution is -2.08. The Morgan fingerprint density at radius 3 is 2.93 bits per heavy atom. The van der Waals surface area contributed by atoms with Gasteiger partial charge in [-0.2, -0.15) is 0 Å². The maximum absolute atomic E-state index is 11.0. The standard InChI is InChI=1S/C7H5BrN4O2/c1-3-10-11-7-9-2-4(8)5(6(13)14)12(3)7/h2H,1H3,(H,13,14). The molecule has 0 aliphatic heterocycles. The fourth-order valence-corrected chi connectivity index (χ4v) is 1.63. The largest absolute Gasteiger partial charge is 0.477 e. The molecular formula is C7H5BrN4O2. The van der Waals surface area contributed by atoms with Gasteiger partial charge < -0.3 is 5.11 Å². The van der Waals surface area contributed by atoms with Crippen LogP contribution in [-0.4, -0.2) is 30.7 Å². The minimum absolute atomic E-state index is 0.0810. The molecule has 0 radical (unpaired) electrons. The maximum atomic E-state index is 11.0. The lowest BCUT2D eigenvalue weighted by atomic mass is 10.4. The minimum Gasteiger partial charge on any atom is -0.477 e. The van der Waals surface area contributed by atoms with Crippen LogP contribution < -0.4 is 0 Å². The van der Waals surface area contributed by atoms with Crippen LogP contribution in [0.25, 0.3) is 5.78 Å². The highest BCUT2D eigenvalue weighted by Crippen LogP contribution is 2.17. The van der Waals surface area contributed by atoms with Crippen molar-refractivity contribution in [1.29, 1.82) is 0 Å². The van der Waals surface area contributed by atoms with Crippen molar-refractivity contribution in [1.82, 2.24) is 19.6 Å². The fraction of sp³-hybridized carbons (Fsp3) is 0.143. The molecule has 0 saturated heterocycles. The predicted octanol–water partition coefficient (Wildman–Crippen LogP) is 0.893. The molecule has 7 heteroatoms. The van der Waals surface area contributed by atoms with Gasteiger partial charge in [0.25, 0.3) is 5.78 Å². The van der Waals surface area contributed by atoms with E-state index < -0.39 is 5.97 Å². The number of carboxylic acid groups (broad SMARTS) is 1. The first kappa shape index (κ1) is 9.07. The maximum Gasteiger partial charge on any atom is 0.354 e. The van der Waals surface area contributed by atoms with E-state index in [9.17, 15) is 4.79 Å². The minimum atomic E-state index is -1.05. The summed E-state index contributed by atoms with van der Waals surface area (Å²) in [6.07, 6.45) is 1.40. The number of carboxylic acids is 1. The lowest BCUT2D eigenvalue weighted by Gasteiger charge is -2.02. The number of aromatic carboxylic acids is 1. The number of hydrogen-bond donors (Lipinski definition) is 1. The van der Waals surface area contributed by atoms with Crippen LogP contribution in [0.3, 0.4) is 0 Å². The van der Waals surface area contributed by atoms with Gasteiger partial charge in [0.2, 0.25) is 0 Å². The predicted molar refractivity (Wildman–Crippen MR) is 50.2 cm³/mol. The van der Waals surface area contributed by atoms with E-state index in [1.54, 1.807) is 6.92 Å². The average Bonchev–Trinajstić information content (AvgIpc) is 2.47. The van der Waals surface area contributed by atoms with E-state index in [0.29, 0.717) is 10.3 Å². The summed E-state index contributed by atoms with van der Waals surface area (Å²) in [5, 5.41) is 16.4. The molecule has 0 aliphatic carbocycles. The summed E-state index contributed by atoms with van der Waals surface area (Å²) in [5.41, 5.74) is 0.0810. The van der Waals surface area contributed by atoms with Crippen LogP contribution in [0.2, 0.25) is 0 Å². The number of fused-ring (bicyclic) bond motifs is 1. The second kappa shape index (κ2) is 3.02. The smallest absolute Gasteiger partial charge is 0.354 e. The Bertz CT molecular complexity index is 522. The van der Waals surface area contributed by atoms with Crippen LogP contribution in [0.15, 0.2) is 10.7 Å². The first-order valence-corrected chi connectivity index (χ1v) is 4.50. The molecule has 0 unspecified atom stereocenters. The van der Waals surface area contributed by atoms with E-state index in [-0.39, 0.29) is 11.5 Å². The fourth-order valence-electron chi connectivity index (χ4n) is 1.18. The Balaban J connectivity index is 2.94. The van der Waals surface area contributed by atoms with Crippen LogP contribution in [0.5, 0.6) is 0 Å². The Labute approximate surface area is 86.7 Å². The summed E-state index contributed by atoms with van der Waals surface area (Å²) in [4.78, 5) is 14.9.